The highest BCUT2D eigenvalue weighted by Crippen LogP contribution is 2.71. The molecule has 0 unspecified atom stereocenters. The van der Waals surface area contributed by atoms with Crippen molar-refractivity contribution in [3.63, 3.8) is 0 Å². The minimum absolute atomic E-state index is 0.0475. The van der Waals surface area contributed by atoms with E-state index in [2.05, 4.69) is 13.8 Å². The number of carbonyl (C=O) groups excluding carboxylic acids is 2. The van der Waals surface area contributed by atoms with Gasteiger partial charge in [0.1, 0.15) is 49.0 Å². The Morgan fingerprint density at radius 1 is 0.873 bits per heavy atom. The molecule has 358 valence electrons. The SMILES string of the molecule is C/C=C(\C)C(=O)O[C@H]1[C@H](OC)[C@@H](O)[C@H](O[C@H]2[C@@H](OC)C[C@H](O[C@H]3CC[C@@]4(C)C(=C(C=O)[C@@H]5[C@@H]4CC[C@]4(C)[C@@H]([C@H](C)O[C@@H]6O[C@H](CO)[C@H](O)[C@H](O)[C@H]6O)CC[C@]54O)C3)O[C@@H]2C)O[C@@H]1C. The van der Waals surface area contributed by atoms with Gasteiger partial charge in [-0.15, -0.1) is 0 Å². The summed E-state index contributed by atoms with van der Waals surface area (Å²) in [4.78, 5) is 25.9. The Hall–Kier alpha value is -1.94. The summed E-state index contributed by atoms with van der Waals surface area (Å²) in [5, 5.41) is 65.4. The summed E-state index contributed by atoms with van der Waals surface area (Å²) in [6.45, 7) is 12.5. The van der Waals surface area contributed by atoms with Crippen LogP contribution < -0.4 is 0 Å². The molecule has 7 rings (SSSR count). The van der Waals surface area contributed by atoms with Crippen LogP contribution in [0.2, 0.25) is 0 Å². The number of fused-ring (bicyclic) bond motifs is 5. The molecule has 0 spiro atoms. The molecule has 0 amide bonds. The summed E-state index contributed by atoms with van der Waals surface area (Å²) >= 11 is 0. The van der Waals surface area contributed by atoms with Gasteiger partial charge in [-0.1, -0.05) is 25.5 Å². The third-order valence-electron chi connectivity index (χ3n) is 16.6. The molecule has 3 aliphatic heterocycles. The van der Waals surface area contributed by atoms with Crippen molar-refractivity contribution in [3.05, 3.63) is 22.8 Å². The van der Waals surface area contributed by atoms with E-state index in [9.17, 15) is 40.2 Å². The topological polar surface area (TPSA) is 239 Å². The van der Waals surface area contributed by atoms with Crippen LogP contribution in [0.15, 0.2) is 22.8 Å². The lowest BCUT2D eigenvalue weighted by Gasteiger charge is -2.56. The van der Waals surface area contributed by atoms with E-state index < -0.39 is 122 Å². The van der Waals surface area contributed by atoms with Crippen molar-refractivity contribution in [1.29, 1.82) is 0 Å². The fourth-order valence-corrected chi connectivity index (χ4v) is 12.8. The zero-order chi connectivity index (χ0) is 45.9. The molecule has 63 heavy (non-hydrogen) atoms. The van der Waals surface area contributed by atoms with Crippen molar-refractivity contribution in [2.24, 2.45) is 28.6 Å². The Kier molecular flexibility index (Phi) is 14.8. The molecule has 3 saturated carbocycles. The predicted molar refractivity (Wildman–Crippen MR) is 221 cm³/mol. The average Bonchev–Trinajstić information content (AvgIpc) is 3.69. The van der Waals surface area contributed by atoms with Crippen LogP contribution in [0, 0.1) is 28.6 Å². The molecule has 22 atom stereocenters. The first kappa shape index (κ1) is 49.0. The van der Waals surface area contributed by atoms with E-state index in [4.69, 9.17) is 42.6 Å². The van der Waals surface area contributed by atoms with Gasteiger partial charge in [-0.05, 0) is 102 Å². The second-order valence-electron chi connectivity index (χ2n) is 19.7. The largest absolute Gasteiger partial charge is 0.453 e. The summed E-state index contributed by atoms with van der Waals surface area (Å²) in [5.74, 6) is -1.06. The number of carbonyl (C=O) groups is 2. The number of hydrogen-bond acceptors (Lipinski definition) is 17. The van der Waals surface area contributed by atoms with Gasteiger partial charge >= 0.3 is 5.97 Å². The van der Waals surface area contributed by atoms with E-state index in [0.29, 0.717) is 43.3 Å². The third-order valence-corrected chi connectivity index (χ3v) is 16.6. The lowest BCUT2D eigenvalue weighted by molar-refractivity contribution is -0.343. The average molecular weight is 897 g/mol. The molecule has 6 fully saturated rings. The van der Waals surface area contributed by atoms with Gasteiger partial charge in [0.2, 0.25) is 0 Å². The molecule has 3 heterocycles. The molecular weight excluding hydrogens is 824 g/mol. The van der Waals surface area contributed by atoms with Gasteiger partial charge in [0.15, 0.2) is 25.0 Å². The van der Waals surface area contributed by atoms with Gasteiger partial charge in [-0.25, -0.2) is 4.79 Å². The lowest BCUT2D eigenvalue weighted by atomic mass is 9.51. The lowest BCUT2D eigenvalue weighted by Crippen LogP contribution is -2.62. The summed E-state index contributed by atoms with van der Waals surface area (Å²) < 4.78 is 54.7. The van der Waals surface area contributed by atoms with Crippen LogP contribution in [-0.4, -0.2) is 168 Å². The number of methoxy groups -OCH3 is 2. The fourth-order valence-electron chi connectivity index (χ4n) is 12.8. The Balaban J connectivity index is 1.01. The summed E-state index contributed by atoms with van der Waals surface area (Å²) in [6, 6.07) is 0. The first-order valence-corrected chi connectivity index (χ1v) is 22.9. The molecule has 7 aliphatic rings. The number of rotatable bonds is 13. The van der Waals surface area contributed by atoms with Gasteiger partial charge in [0.05, 0.1) is 42.7 Å². The minimum Gasteiger partial charge on any atom is -0.453 e. The Bertz CT molecular complexity index is 1710. The van der Waals surface area contributed by atoms with Gasteiger partial charge in [-0.3, -0.25) is 4.79 Å². The molecule has 0 radical (unpaired) electrons. The minimum atomic E-state index is -1.56. The number of aliphatic hydroxyl groups is 6. The van der Waals surface area contributed by atoms with Crippen LogP contribution in [0.5, 0.6) is 0 Å². The Morgan fingerprint density at radius 2 is 1.59 bits per heavy atom. The van der Waals surface area contributed by atoms with Crippen LogP contribution >= 0.6 is 0 Å². The molecule has 17 nitrogen and oxygen atoms in total. The molecule has 0 aromatic rings. The van der Waals surface area contributed by atoms with Crippen molar-refractivity contribution in [2.75, 3.05) is 20.8 Å². The molecular formula is C46H72O17. The van der Waals surface area contributed by atoms with E-state index in [1.807, 2.05) is 13.8 Å². The van der Waals surface area contributed by atoms with E-state index in [1.54, 1.807) is 34.0 Å². The number of hydrogen-bond donors (Lipinski definition) is 6. The highest BCUT2D eigenvalue weighted by Gasteiger charge is 2.70. The second-order valence-corrected chi connectivity index (χ2v) is 19.7. The van der Waals surface area contributed by atoms with Crippen LogP contribution in [0.3, 0.4) is 0 Å². The summed E-state index contributed by atoms with van der Waals surface area (Å²) in [5.41, 5.74) is -0.0926. The summed E-state index contributed by atoms with van der Waals surface area (Å²) in [7, 11) is 3.01. The predicted octanol–water partition coefficient (Wildman–Crippen LogP) is 1.98. The monoisotopic (exact) mass is 896 g/mol. The smallest absolute Gasteiger partial charge is 0.333 e. The first-order valence-electron chi connectivity index (χ1n) is 22.9. The Morgan fingerprint density at radius 3 is 2.24 bits per heavy atom. The Labute approximate surface area is 370 Å². The second kappa shape index (κ2) is 19.0. The maximum absolute atomic E-state index is 13.3. The maximum Gasteiger partial charge on any atom is 0.333 e. The molecule has 4 aliphatic carbocycles. The highest BCUT2D eigenvalue weighted by atomic mass is 16.7. The third kappa shape index (κ3) is 8.42. The number of allylic oxidation sites excluding steroid dienone is 1. The summed E-state index contributed by atoms with van der Waals surface area (Å²) in [6.07, 6.45) is -7.58. The molecule has 0 bridgehead atoms. The van der Waals surface area contributed by atoms with Crippen molar-refractivity contribution in [1.82, 2.24) is 0 Å². The van der Waals surface area contributed by atoms with Crippen molar-refractivity contribution in [3.8, 4) is 0 Å². The standard InChI is InChI=1S/C46H72O17/c1-10-21(2)41(53)62-39-24(5)59-43(37(52)40(39)56-9)63-38-23(4)57-32(18-30(38)55-8)60-25-11-14-44(6)28-12-15-45(7)27(13-16-46(45,54)33(28)26(19-47)29(44)17-25)22(3)58-42-36(51)35(50)34(49)31(20-48)61-42/h10,19,22-25,27-28,30-40,42-43,48-52,54H,11-18,20H2,1-9H3/b21-10+/t22-,23+,24+,25-,27+,28-,30-,31+,32-,33+,34-,35-,36+,37+,38+,39+,40+,42+,43-,44+,45+,46-/m0/s1. The molecule has 0 aromatic carbocycles. The molecule has 6 N–H and O–H groups in total. The first-order chi connectivity index (χ1) is 29.8. The normalized spacial score (nSPS) is 49.5. The zero-order valence-corrected chi connectivity index (χ0v) is 38.2. The maximum atomic E-state index is 13.3. The van der Waals surface area contributed by atoms with Crippen LogP contribution in [-0.2, 0) is 52.2 Å². The van der Waals surface area contributed by atoms with Crippen LogP contribution in [0.25, 0.3) is 0 Å². The van der Waals surface area contributed by atoms with Gasteiger partial charge < -0.3 is 73.3 Å². The van der Waals surface area contributed by atoms with Crippen LogP contribution in [0.4, 0.5) is 0 Å². The van der Waals surface area contributed by atoms with Gasteiger partial charge in [0, 0.05) is 37.5 Å². The number of aldehydes is 1. The quantitative estimate of drug-likeness (QED) is 0.0881. The van der Waals surface area contributed by atoms with Gasteiger partial charge in [-0.2, -0.15) is 0 Å². The van der Waals surface area contributed by atoms with Gasteiger partial charge in [0.25, 0.3) is 0 Å². The van der Waals surface area contributed by atoms with Crippen molar-refractivity contribution < 1.29 is 82.9 Å². The zero-order valence-electron chi connectivity index (χ0n) is 38.2. The number of esters is 1. The van der Waals surface area contributed by atoms with Crippen molar-refractivity contribution in [2.45, 2.75) is 204 Å². The van der Waals surface area contributed by atoms with E-state index in [-0.39, 0.29) is 23.4 Å². The van der Waals surface area contributed by atoms with E-state index in [1.165, 1.54) is 7.11 Å². The molecule has 0 aromatic heterocycles. The van der Waals surface area contributed by atoms with E-state index >= 15 is 0 Å². The highest BCUT2D eigenvalue weighted by molar-refractivity contribution is 5.87. The van der Waals surface area contributed by atoms with Crippen molar-refractivity contribution >= 4 is 12.3 Å². The number of ether oxygens (including phenoxy) is 9. The molecule has 17 heteroatoms. The fraction of sp³-hybridized carbons (Fsp3) is 0.870. The van der Waals surface area contributed by atoms with E-state index in [0.717, 1.165) is 31.1 Å². The number of aliphatic hydroxyl groups excluding tert-OH is 5. The van der Waals surface area contributed by atoms with Crippen LogP contribution in [0.1, 0.15) is 99.8 Å². The molecule has 3 saturated heterocycles.